The second kappa shape index (κ2) is 6.09. The summed E-state index contributed by atoms with van der Waals surface area (Å²) in [5.74, 6) is 0. The number of aryl methyl sites for hydroxylation is 1. The fourth-order valence-electron chi connectivity index (χ4n) is 1.93. The molecule has 0 bridgehead atoms. The SMILES string of the molecule is CC(C)(C)c1[s+]sc2c1CCCC2.[O-][Cl+3]([O-])([O-])[O-]. The van der Waals surface area contributed by atoms with Gasteiger partial charge in [-0.1, -0.05) is 20.8 Å². The van der Waals surface area contributed by atoms with Crippen LogP contribution >= 0.6 is 20.7 Å². The fraction of sp³-hybridized carbons (Fsp3) is 0.727. The van der Waals surface area contributed by atoms with E-state index < -0.39 is 10.2 Å². The molecule has 1 aliphatic rings. The topological polar surface area (TPSA) is 92.2 Å². The Morgan fingerprint density at radius 1 is 1.06 bits per heavy atom. The van der Waals surface area contributed by atoms with Crippen molar-refractivity contribution in [3.8, 4) is 0 Å². The van der Waals surface area contributed by atoms with Crippen molar-refractivity contribution in [1.82, 2.24) is 0 Å². The highest BCUT2D eigenvalue weighted by atomic mass is 35.7. The van der Waals surface area contributed by atoms with Crippen LogP contribution in [-0.4, -0.2) is 0 Å². The van der Waals surface area contributed by atoms with Gasteiger partial charge in [0.25, 0.3) is 10.3 Å². The van der Waals surface area contributed by atoms with E-state index in [4.69, 9.17) is 18.6 Å². The molecule has 0 saturated heterocycles. The van der Waals surface area contributed by atoms with Crippen LogP contribution in [0.5, 0.6) is 0 Å². The van der Waals surface area contributed by atoms with Crippen LogP contribution < -0.4 is 18.6 Å². The van der Waals surface area contributed by atoms with Crippen LogP contribution in [0.3, 0.4) is 0 Å². The van der Waals surface area contributed by atoms with Gasteiger partial charge in [0.1, 0.15) is 0 Å². The van der Waals surface area contributed by atoms with Crippen molar-refractivity contribution in [3.05, 3.63) is 15.3 Å². The van der Waals surface area contributed by atoms with Crippen molar-refractivity contribution in [2.45, 2.75) is 51.9 Å². The van der Waals surface area contributed by atoms with Crippen LogP contribution in [0.2, 0.25) is 0 Å². The molecule has 1 aliphatic carbocycles. The number of fused-ring (bicyclic) bond motifs is 1. The van der Waals surface area contributed by atoms with Gasteiger partial charge in [-0.15, -0.1) is 10.2 Å². The standard InChI is InChI=1S/C11H17S2.ClHO4/c1-11(2,3)10-8-6-4-5-7-9(8)12-13-10;2-1(3,4)5/h4-7H2,1-3H3;(H,2,3,4,5)/q+1;/p-1. The van der Waals surface area contributed by atoms with Crippen LogP contribution in [0.4, 0.5) is 0 Å². The zero-order valence-electron chi connectivity index (χ0n) is 10.7. The molecule has 0 N–H and O–H groups in total. The van der Waals surface area contributed by atoms with E-state index in [1.54, 1.807) is 15.3 Å². The Kier molecular flexibility index (Phi) is 5.49. The Morgan fingerprint density at radius 2 is 1.56 bits per heavy atom. The van der Waals surface area contributed by atoms with Gasteiger partial charge in [0.15, 0.2) is 10.3 Å². The van der Waals surface area contributed by atoms with E-state index in [0.717, 1.165) is 0 Å². The molecular formula is C11H17ClO4S2. The molecule has 0 fully saturated rings. The van der Waals surface area contributed by atoms with Gasteiger partial charge < -0.3 is 0 Å². The quantitative estimate of drug-likeness (QED) is 0.477. The molecule has 1 aromatic rings. The summed E-state index contributed by atoms with van der Waals surface area (Å²) < 4.78 is 34.0. The van der Waals surface area contributed by atoms with Gasteiger partial charge >= 0.3 is 0 Å². The summed E-state index contributed by atoms with van der Waals surface area (Å²) in [6.45, 7) is 7.00. The molecule has 0 spiro atoms. The lowest BCUT2D eigenvalue weighted by Crippen LogP contribution is -2.68. The maximum Gasteiger partial charge on any atom is 0.296 e. The molecule has 0 aromatic carbocycles. The van der Waals surface area contributed by atoms with Gasteiger partial charge in [-0.05, 0) is 25.7 Å². The zero-order valence-corrected chi connectivity index (χ0v) is 13.0. The molecule has 0 radical (unpaired) electrons. The van der Waals surface area contributed by atoms with Crippen molar-refractivity contribution in [2.24, 2.45) is 0 Å². The first-order valence-corrected chi connectivity index (χ1v) is 9.03. The summed E-state index contributed by atoms with van der Waals surface area (Å²) in [4.78, 5) is 3.33. The number of rotatable bonds is 0. The molecule has 1 aromatic heterocycles. The smallest absolute Gasteiger partial charge is 0.222 e. The average Bonchev–Trinajstić information content (AvgIpc) is 2.57. The lowest BCUT2D eigenvalue weighted by Gasteiger charge is -2.17. The van der Waals surface area contributed by atoms with Gasteiger partial charge in [0.05, 0.1) is 4.88 Å². The third kappa shape index (κ3) is 5.44. The monoisotopic (exact) mass is 312 g/mol. The number of hydrogen-bond acceptors (Lipinski definition) is 5. The summed E-state index contributed by atoms with van der Waals surface area (Å²) in [6, 6.07) is 0. The molecule has 7 heteroatoms. The van der Waals surface area contributed by atoms with Crippen LogP contribution in [0.15, 0.2) is 0 Å². The van der Waals surface area contributed by atoms with Crippen molar-refractivity contribution in [3.63, 3.8) is 0 Å². The second-order valence-electron chi connectivity index (χ2n) is 5.23. The summed E-state index contributed by atoms with van der Waals surface area (Å²) in [5.41, 5.74) is 2.07. The fourth-order valence-corrected chi connectivity index (χ4v) is 5.44. The van der Waals surface area contributed by atoms with E-state index >= 15 is 0 Å². The third-order valence-corrected chi connectivity index (χ3v) is 5.71. The second-order valence-corrected chi connectivity index (χ2v) is 8.22. The minimum atomic E-state index is -4.94. The Balaban J connectivity index is 0.000000280. The third-order valence-electron chi connectivity index (χ3n) is 2.60. The van der Waals surface area contributed by atoms with Crippen molar-refractivity contribution in [2.75, 3.05) is 0 Å². The first-order valence-electron chi connectivity index (χ1n) is 5.65. The van der Waals surface area contributed by atoms with E-state index in [0.29, 0.717) is 5.41 Å². The van der Waals surface area contributed by atoms with Crippen LogP contribution in [0.1, 0.15) is 48.9 Å². The normalized spacial score (nSPS) is 15.7. The number of hydrogen-bond donors (Lipinski definition) is 0. The maximum absolute atomic E-state index is 8.49. The van der Waals surface area contributed by atoms with E-state index in [2.05, 4.69) is 20.8 Å². The van der Waals surface area contributed by atoms with Gasteiger partial charge in [0, 0.05) is 11.0 Å². The molecular weight excluding hydrogens is 296 g/mol. The molecule has 0 aliphatic heterocycles. The Hall–Kier alpha value is 0.180. The highest BCUT2D eigenvalue weighted by Crippen LogP contribution is 2.40. The Bertz CT molecular complexity index is 387. The van der Waals surface area contributed by atoms with Gasteiger partial charge in [-0.25, -0.2) is 18.6 Å². The maximum atomic E-state index is 8.49. The molecule has 4 nitrogen and oxygen atoms in total. The molecule has 2 rings (SSSR count). The highest BCUT2D eigenvalue weighted by molar-refractivity contribution is 7.69. The van der Waals surface area contributed by atoms with E-state index in [1.807, 2.05) is 20.7 Å². The van der Waals surface area contributed by atoms with Crippen LogP contribution in [0.25, 0.3) is 0 Å². The summed E-state index contributed by atoms with van der Waals surface area (Å²) in [6.07, 6.45) is 5.48. The Morgan fingerprint density at radius 3 is 2.06 bits per heavy atom. The average molecular weight is 313 g/mol. The van der Waals surface area contributed by atoms with Crippen molar-refractivity contribution in [1.29, 1.82) is 0 Å². The van der Waals surface area contributed by atoms with E-state index in [1.165, 1.54) is 25.7 Å². The molecule has 0 saturated carbocycles. The van der Waals surface area contributed by atoms with E-state index in [-0.39, 0.29) is 0 Å². The molecule has 0 atom stereocenters. The summed E-state index contributed by atoms with van der Waals surface area (Å²) in [5, 5.41) is 0. The van der Waals surface area contributed by atoms with Crippen molar-refractivity contribution >= 4 is 20.7 Å². The van der Waals surface area contributed by atoms with Gasteiger partial charge in [0.2, 0.25) is 4.88 Å². The molecule has 104 valence electrons. The molecule has 1 heterocycles. The summed E-state index contributed by atoms with van der Waals surface area (Å²) in [7, 11) is -0.910. The van der Waals surface area contributed by atoms with Gasteiger partial charge in [-0.2, -0.15) is 0 Å². The first-order chi connectivity index (χ1) is 8.09. The van der Waals surface area contributed by atoms with Crippen molar-refractivity contribution < 1.29 is 28.9 Å². The number of halogens is 1. The van der Waals surface area contributed by atoms with Crippen LogP contribution in [-0.2, 0) is 18.3 Å². The molecule has 18 heavy (non-hydrogen) atoms. The predicted octanol–water partition coefficient (Wildman–Crippen LogP) is -0.489. The Labute approximate surface area is 117 Å². The lowest BCUT2D eigenvalue weighted by atomic mass is 9.87. The van der Waals surface area contributed by atoms with E-state index in [9.17, 15) is 0 Å². The molecule has 0 amide bonds. The minimum Gasteiger partial charge on any atom is -0.222 e. The lowest BCUT2D eigenvalue weighted by molar-refractivity contribution is -2.00. The largest absolute Gasteiger partial charge is 0.296 e. The predicted molar refractivity (Wildman–Crippen MR) is 61.9 cm³/mol. The highest BCUT2D eigenvalue weighted by Gasteiger charge is 2.34. The zero-order chi connectivity index (χ0) is 14.0. The minimum absolute atomic E-state index is 0.367. The first kappa shape index (κ1) is 16.2. The van der Waals surface area contributed by atoms with Gasteiger partial charge in [-0.3, -0.25) is 0 Å². The molecule has 0 unspecified atom stereocenters. The summed E-state index contributed by atoms with van der Waals surface area (Å²) >= 11 is 0. The van der Waals surface area contributed by atoms with Crippen LogP contribution in [0, 0.1) is 10.2 Å².